The van der Waals surface area contributed by atoms with E-state index in [9.17, 15) is 4.79 Å². The molecule has 132 valence electrons. The van der Waals surface area contributed by atoms with Crippen molar-refractivity contribution in [3.05, 3.63) is 66.2 Å². The predicted molar refractivity (Wildman–Crippen MR) is 106 cm³/mol. The zero-order valence-corrected chi connectivity index (χ0v) is 15.5. The lowest BCUT2D eigenvalue weighted by molar-refractivity contribution is -0.121. The zero-order valence-electron chi connectivity index (χ0n) is 14.7. The minimum Gasteiger partial charge on any atom is -0.352 e. The van der Waals surface area contributed by atoms with E-state index in [1.807, 2.05) is 36.4 Å². The standard InChI is InChI=1S/C22H27NOS/c24-22(23-19-14-8-2-1-3-9-15-19)21(18-12-6-4-7-13-18)25-20-16-10-5-11-17-20/h4-7,10-13,16-17,19,21H,1-3,8-9,14-15H2,(H,23,24)/t21-/m1/s1. The van der Waals surface area contributed by atoms with Gasteiger partial charge in [-0.05, 0) is 30.5 Å². The Balaban J connectivity index is 1.72. The molecule has 0 saturated heterocycles. The van der Waals surface area contributed by atoms with E-state index in [0.29, 0.717) is 6.04 Å². The van der Waals surface area contributed by atoms with Crippen molar-refractivity contribution in [1.29, 1.82) is 0 Å². The first-order chi connectivity index (χ1) is 12.3. The van der Waals surface area contributed by atoms with Gasteiger partial charge in [-0.15, -0.1) is 11.8 Å². The van der Waals surface area contributed by atoms with E-state index in [1.165, 1.54) is 32.1 Å². The summed E-state index contributed by atoms with van der Waals surface area (Å²) in [6.07, 6.45) is 8.63. The lowest BCUT2D eigenvalue weighted by Crippen LogP contribution is -2.37. The second kappa shape index (κ2) is 9.67. The minimum absolute atomic E-state index is 0.144. The number of carbonyl (C=O) groups is 1. The highest BCUT2D eigenvalue weighted by atomic mass is 32.2. The fraction of sp³-hybridized carbons (Fsp3) is 0.409. The molecule has 0 unspecified atom stereocenters. The van der Waals surface area contributed by atoms with Crippen molar-refractivity contribution < 1.29 is 4.79 Å². The Morgan fingerprint density at radius 1 is 0.840 bits per heavy atom. The number of rotatable bonds is 5. The molecule has 1 atom stereocenters. The monoisotopic (exact) mass is 353 g/mol. The van der Waals surface area contributed by atoms with E-state index in [1.54, 1.807) is 11.8 Å². The Labute approximate surface area is 155 Å². The van der Waals surface area contributed by atoms with Gasteiger partial charge in [-0.25, -0.2) is 0 Å². The Bertz CT molecular complexity index is 636. The lowest BCUT2D eigenvalue weighted by atomic mass is 9.96. The number of nitrogens with one attached hydrogen (secondary N) is 1. The van der Waals surface area contributed by atoms with E-state index in [4.69, 9.17) is 0 Å². The Morgan fingerprint density at radius 2 is 1.40 bits per heavy atom. The second-order valence-electron chi connectivity index (χ2n) is 6.77. The molecule has 0 radical (unpaired) electrons. The summed E-state index contributed by atoms with van der Waals surface area (Å²) in [5, 5.41) is 3.15. The summed E-state index contributed by atoms with van der Waals surface area (Å²) in [7, 11) is 0. The van der Waals surface area contributed by atoms with Crippen molar-refractivity contribution in [2.75, 3.05) is 0 Å². The SMILES string of the molecule is O=C(NC1CCCCCCC1)[C@H](Sc1ccccc1)c1ccccc1. The Kier molecular flexibility index (Phi) is 6.99. The molecule has 0 aromatic heterocycles. The second-order valence-corrected chi connectivity index (χ2v) is 7.95. The molecule has 3 rings (SSSR count). The molecule has 1 N–H and O–H groups in total. The van der Waals surface area contributed by atoms with Gasteiger partial charge in [0.15, 0.2) is 0 Å². The van der Waals surface area contributed by atoms with E-state index in [0.717, 1.165) is 23.3 Å². The Morgan fingerprint density at radius 3 is 2.04 bits per heavy atom. The maximum absolute atomic E-state index is 13.1. The van der Waals surface area contributed by atoms with Crippen LogP contribution in [0.3, 0.4) is 0 Å². The van der Waals surface area contributed by atoms with Crippen LogP contribution in [0.15, 0.2) is 65.6 Å². The van der Waals surface area contributed by atoms with Crippen molar-refractivity contribution in [1.82, 2.24) is 5.32 Å². The summed E-state index contributed by atoms with van der Waals surface area (Å²) in [4.78, 5) is 14.2. The number of thioether (sulfide) groups is 1. The molecule has 1 aliphatic carbocycles. The van der Waals surface area contributed by atoms with Crippen LogP contribution in [0.4, 0.5) is 0 Å². The molecule has 1 amide bonds. The predicted octanol–water partition coefficient (Wildman–Crippen LogP) is 5.75. The van der Waals surface area contributed by atoms with Gasteiger partial charge >= 0.3 is 0 Å². The molecule has 0 aliphatic heterocycles. The van der Waals surface area contributed by atoms with Gasteiger partial charge in [-0.1, -0.05) is 80.6 Å². The van der Waals surface area contributed by atoms with Crippen LogP contribution in [0.25, 0.3) is 0 Å². The fourth-order valence-electron chi connectivity index (χ4n) is 3.41. The first kappa shape index (κ1) is 18.1. The van der Waals surface area contributed by atoms with Gasteiger partial charge in [-0.3, -0.25) is 4.79 Å². The van der Waals surface area contributed by atoms with Crippen molar-refractivity contribution in [3.8, 4) is 0 Å². The molecule has 2 aromatic carbocycles. The molecule has 1 fully saturated rings. The van der Waals surface area contributed by atoms with Crippen LogP contribution in [-0.2, 0) is 4.79 Å². The molecule has 3 heteroatoms. The summed E-state index contributed by atoms with van der Waals surface area (Å²) in [6, 6.07) is 20.7. The van der Waals surface area contributed by atoms with Crippen LogP contribution in [-0.4, -0.2) is 11.9 Å². The van der Waals surface area contributed by atoms with Crippen LogP contribution in [0.5, 0.6) is 0 Å². The lowest BCUT2D eigenvalue weighted by Gasteiger charge is -2.24. The Hall–Kier alpha value is -1.74. The minimum atomic E-state index is -0.200. The van der Waals surface area contributed by atoms with Gasteiger partial charge in [0.05, 0.1) is 0 Å². The van der Waals surface area contributed by atoms with Crippen LogP contribution < -0.4 is 5.32 Å². The van der Waals surface area contributed by atoms with Crippen LogP contribution in [0.2, 0.25) is 0 Å². The molecule has 1 saturated carbocycles. The van der Waals surface area contributed by atoms with Crippen molar-refractivity contribution in [2.45, 2.75) is 61.1 Å². The van der Waals surface area contributed by atoms with Crippen LogP contribution in [0.1, 0.15) is 55.8 Å². The van der Waals surface area contributed by atoms with Gasteiger partial charge < -0.3 is 5.32 Å². The third-order valence-electron chi connectivity index (χ3n) is 4.79. The van der Waals surface area contributed by atoms with Crippen LogP contribution in [0, 0.1) is 0 Å². The number of amides is 1. The van der Waals surface area contributed by atoms with E-state index < -0.39 is 0 Å². The van der Waals surface area contributed by atoms with Gasteiger partial charge in [0, 0.05) is 10.9 Å². The summed E-state index contributed by atoms with van der Waals surface area (Å²) in [5.41, 5.74) is 1.07. The fourth-order valence-corrected chi connectivity index (χ4v) is 4.47. The first-order valence-corrected chi connectivity index (χ1v) is 10.3. The number of carbonyl (C=O) groups excluding carboxylic acids is 1. The highest BCUT2D eigenvalue weighted by Crippen LogP contribution is 2.35. The maximum Gasteiger partial charge on any atom is 0.238 e. The average molecular weight is 354 g/mol. The molecule has 1 aliphatic rings. The smallest absolute Gasteiger partial charge is 0.238 e. The molecule has 2 aromatic rings. The van der Waals surface area contributed by atoms with E-state index >= 15 is 0 Å². The largest absolute Gasteiger partial charge is 0.352 e. The van der Waals surface area contributed by atoms with Gasteiger partial charge in [0.1, 0.15) is 5.25 Å². The summed E-state index contributed by atoms with van der Waals surface area (Å²) in [6.45, 7) is 0. The molecular weight excluding hydrogens is 326 g/mol. The molecule has 0 bridgehead atoms. The third-order valence-corrected chi connectivity index (χ3v) is 6.06. The summed E-state index contributed by atoms with van der Waals surface area (Å²) in [5.74, 6) is 0.144. The van der Waals surface area contributed by atoms with Crippen molar-refractivity contribution >= 4 is 17.7 Å². The zero-order chi connectivity index (χ0) is 17.3. The molecule has 25 heavy (non-hydrogen) atoms. The van der Waals surface area contributed by atoms with Gasteiger partial charge in [0.25, 0.3) is 0 Å². The normalized spacial score (nSPS) is 17.3. The number of hydrogen-bond acceptors (Lipinski definition) is 2. The third kappa shape index (κ3) is 5.64. The average Bonchev–Trinajstić information content (AvgIpc) is 2.63. The van der Waals surface area contributed by atoms with Crippen molar-refractivity contribution in [3.63, 3.8) is 0 Å². The van der Waals surface area contributed by atoms with E-state index in [2.05, 4.69) is 29.6 Å². The molecular formula is C22H27NOS. The van der Waals surface area contributed by atoms with Gasteiger partial charge in [0.2, 0.25) is 5.91 Å². The number of hydrogen-bond donors (Lipinski definition) is 1. The number of benzene rings is 2. The van der Waals surface area contributed by atoms with Crippen LogP contribution >= 0.6 is 11.8 Å². The molecule has 0 spiro atoms. The van der Waals surface area contributed by atoms with Gasteiger partial charge in [-0.2, -0.15) is 0 Å². The quantitative estimate of drug-likeness (QED) is 0.694. The highest BCUT2D eigenvalue weighted by Gasteiger charge is 2.24. The summed E-state index contributed by atoms with van der Waals surface area (Å²) < 4.78 is 0. The molecule has 2 nitrogen and oxygen atoms in total. The topological polar surface area (TPSA) is 29.1 Å². The molecule has 0 heterocycles. The van der Waals surface area contributed by atoms with Crippen molar-refractivity contribution in [2.24, 2.45) is 0 Å². The maximum atomic E-state index is 13.1. The highest BCUT2D eigenvalue weighted by molar-refractivity contribution is 8.00. The summed E-state index contributed by atoms with van der Waals surface area (Å²) >= 11 is 1.64. The van der Waals surface area contributed by atoms with E-state index in [-0.39, 0.29) is 11.2 Å². The first-order valence-electron chi connectivity index (χ1n) is 9.40.